The fraction of sp³-hybridized carbons (Fsp3) is 0.571. The molecule has 1 N–H and O–H groups in total. The van der Waals surface area contributed by atoms with Crippen molar-refractivity contribution in [1.29, 1.82) is 0 Å². The minimum Gasteiger partial charge on any atom is -0.386 e. The van der Waals surface area contributed by atoms with Crippen LogP contribution in [0.5, 0.6) is 0 Å². The largest absolute Gasteiger partial charge is 0.386 e. The van der Waals surface area contributed by atoms with Crippen LogP contribution in [-0.4, -0.2) is 5.11 Å². The van der Waals surface area contributed by atoms with Gasteiger partial charge in [-0.15, -0.1) is 0 Å². The molecule has 0 aliphatic carbocycles. The molecule has 15 heavy (non-hydrogen) atoms. The summed E-state index contributed by atoms with van der Waals surface area (Å²) in [6.07, 6.45) is 1.12. The van der Waals surface area contributed by atoms with Crippen molar-refractivity contribution in [2.45, 2.75) is 52.1 Å². The van der Waals surface area contributed by atoms with Crippen LogP contribution in [0.1, 0.15) is 52.2 Å². The maximum absolute atomic E-state index is 9.84. The molecule has 1 aromatic carbocycles. The number of hydrogen-bond donors (Lipinski definition) is 1. The van der Waals surface area contributed by atoms with Crippen molar-refractivity contribution in [2.24, 2.45) is 0 Å². The van der Waals surface area contributed by atoms with E-state index in [4.69, 9.17) is 0 Å². The molecule has 0 saturated carbocycles. The van der Waals surface area contributed by atoms with Gasteiger partial charge in [-0.25, -0.2) is 0 Å². The van der Waals surface area contributed by atoms with Crippen molar-refractivity contribution in [1.82, 2.24) is 0 Å². The third kappa shape index (κ3) is 2.82. The maximum atomic E-state index is 9.84. The highest BCUT2D eigenvalue weighted by Crippen LogP contribution is 2.28. The lowest BCUT2D eigenvalue weighted by atomic mass is 9.81. The number of hydrogen-bond acceptors (Lipinski definition) is 1. The van der Waals surface area contributed by atoms with Crippen LogP contribution in [0.3, 0.4) is 0 Å². The molecule has 0 fully saturated rings. The summed E-state index contributed by atoms with van der Waals surface area (Å²) in [4.78, 5) is 0. The molecule has 84 valence electrons. The number of benzene rings is 1. The molecule has 1 nitrogen and oxygen atoms in total. The molecule has 0 aliphatic rings. The first-order valence-corrected chi connectivity index (χ1v) is 5.61. The minimum absolute atomic E-state index is 0.220. The standard InChI is InChI=1S/C14H22O/c1-6-13(2,3)11-7-9-12(10-8-11)14(4,5)15/h7-10,15H,6H2,1-5H3. The summed E-state index contributed by atoms with van der Waals surface area (Å²) in [7, 11) is 0. The topological polar surface area (TPSA) is 20.2 Å². The zero-order valence-electron chi connectivity index (χ0n) is 10.5. The van der Waals surface area contributed by atoms with Gasteiger partial charge in [-0.05, 0) is 36.8 Å². The highest BCUT2D eigenvalue weighted by atomic mass is 16.3. The molecule has 1 heteroatoms. The molecule has 0 atom stereocenters. The molecular formula is C14H22O. The Balaban J connectivity index is 3.01. The van der Waals surface area contributed by atoms with E-state index in [0.29, 0.717) is 0 Å². The summed E-state index contributed by atoms with van der Waals surface area (Å²) in [5, 5.41) is 9.84. The van der Waals surface area contributed by atoms with Crippen LogP contribution in [0.2, 0.25) is 0 Å². The molecule has 0 unspecified atom stereocenters. The first kappa shape index (κ1) is 12.3. The van der Waals surface area contributed by atoms with E-state index in [2.05, 4.69) is 32.9 Å². The summed E-state index contributed by atoms with van der Waals surface area (Å²) in [5.74, 6) is 0. The average Bonchev–Trinajstić information content (AvgIpc) is 2.17. The second-order valence-electron chi connectivity index (χ2n) is 5.37. The van der Waals surface area contributed by atoms with Crippen LogP contribution in [-0.2, 0) is 11.0 Å². The van der Waals surface area contributed by atoms with E-state index in [1.54, 1.807) is 0 Å². The monoisotopic (exact) mass is 206 g/mol. The van der Waals surface area contributed by atoms with E-state index in [0.717, 1.165) is 12.0 Å². The van der Waals surface area contributed by atoms with Crippen LogP contribution >= 0.6 is 0 Å². The van der Waals surface area contributed by atoms with Crippen molar-refractivity contribution >= 4 is 0 Å². The van der Waals surface area contributed by atoms with Crippen LogP contribution in [0.4, 0.5) is 0 Å². The van der Waals surface area contributed by atoms with Crippen molar-refractivity contribution in [3.05, 3.63) is 35.4 Å². The van der Waals surface area contributed by atoms with Gasteiger partial charge in [-0.3, -0.25) is 0 Å². The molecule has 1 aromatic rings. The van der Waals surface area contributed by atoms with Crippen molar-refractivity contribution < 1.29 is 5.11 Å². The number of aliphatic hydroxyl groups is 1. The lowest BCUT2D eigenvalue weighted by Crippen LogP contribution is -2.18. The van der Waals surface area contributed by atoms with Crippen LogP contribution < -0.4 is 0 Å². The molecule has 0 amide bonds. The molecule has 0 bridgehead atoms. The second kappa shape index (κ2) is 3.97. The summed E-state index contributed by atoms with van der Waals surface area (Å²) < 4.78 is 0. The summed E-state index contributed by atoms with van der Waals surface area (Å²) in [6, 6.07) is 8.28. The van der Waals surface area contributed by atoms with E-state index in [1.165, 1.54) is 5.56 Å². The summed E-state index contributed by atoms with van der Waals surface area (Å²) >= 11 is 0. The van der Waals surface area contributed by atoms with E-state index < -0.39 is 5.60 Å². The Labute approximate surface area is 93.1 Å². The lowest BCUT2D eigenvalue weighted by Gasteiger charge is -2.25. The molecule has 0 spiro atoms. The Kier molecular flexibility index (Phi) is 3.25. The predicted octanol–water partition coefficient (Wildman–Crippen LogP) is 3.60. The van der Waals surface area contributed by atoms with Gasteiger partial charge in [0.1, 0.15) is 0 Å². The van der Waals surface area contributed by atoms with Gasteiger partial charge >= 0.3 is 0 Å². The van der Waals surface area contributed by atoms with E-state index in [1.807, 2.05) is 26.0 Å². The smallest absolute Gasteiger partial charge is 0.0840 e. The maximum Gasteiger partial charge on any atom is 0.0840 e. The lowest BCUT2D eigenvalue weighted by molar-refractivity contribution is 0.0785. The Hall–Kier alpha value is -0.820. The normalized spacial score (nSPS) is 12.9. The number of rotatable bonds is 3. The molecule has 0 aliphatic heterocycles. The fourth-order valence-electron chi connectivity index (χ4n) is 1.53. The van der Waals surface area contributed by atoms with Gasteiger partial charge < -0.3 is 5.11 Å². The van der Waals surface area contributed by atoms with Crippen LogP contribution in [0.25, 0.3) is 0 Å². The Morgan fingerprint density at radius 2 is 1.33 bits per heavy atom. The zero-order valence-corrected chi connectivity index (χ0v) is 10.5. The van der Waals surface area contributed by atoms with E-state index >= 15 is 0 Å². The van der Waals surface area contributed by atoms with Crippen LogP contribution in [0, 0.1) is 0 Å². The first-order valence-electron chi connectivity index (χ1n) is 5.61. The average molecular weight is 206 g/mol. The van der Waals surface area contributed by atoms with Crippen molar-refractivity contribution in [3.63, 3.8) is 0 Å². The van der Waals surface area contributed by atoms with Gasteiger partial charge in [0, 0.05) is 0 Å². The third-order valence-corrected chi connectivity index (χ3v) is 3.26. The van der Waals surface area contributed by atoms with Gasteiger partial charge in [-0.1, -0.05) is 45.0 Å². The van der Waals surface area contributed by atoms with Crippen LogP contribution in [0.15, 0.2) is 24.3 Å². The summed E-state index contributed by atoms with van der Waals surface area (Å²) in [6.45, 7) is 10.3. The van der Waals surface area contributed by atoms with Gasteiger partial charge in [0.15, 0.2) is 0 Å². The molecule has 0 radical (unpaired) electrons. The highest BCUT2D eigenvalue weighted by Gasteiger charge is 2.20. The van der Waals surface area contributed by atoms with E-state index in [9.17, 15) is 5.11 Å². The zero-order chi connectivity index (χ0) is 11.7. The Morgan fingerprint density at radius 3 is 1.67 bits per heavy atom. The fourth-order valence-corrected chi connectivity index (χ4v) is 1.53. The minimum atomic E-state index is -0.741. The molecule has 0 saturated heterocycles. The van der Waals surface area contributed by atoms with Crippen molar-refractivity contribution in [3.8, 4) is 0 Å². The first-order chi connectivity index (χ1) is 6.77. The van der Waals surface area contributed by atoms with Gasteiger partial charge in [0.2, 0.25) is 0 Å². The highest BCUT2D eigenvalue weighted by molar-refractivity contribution is 5.30. The predicted molar refractivity (Wildman–Crippen MR) is 65.0 cm³/mol. The summed E-state index contributed by atoms with van der Waals surface area (Å²) in [5.41, 5.74) is 1.78. The third-order valence-electron chi connectivity index (χ3n) is 3.26. The molecule has 0 aromatic heterocycles. The SMILES string of the molecule is CCC(C)(C)c1ccc(C(C)(C)O)cc1. The van der Waals surface area contributed by atoms with Gasteiger partial charge in [-0.2, -0.15) is 0 Å². The quantitative estimate of drug-likeness (QED) is 0.801. The Morgan fingerprint density at radius 1 is 0.933 bits per heavy atom. The van der Waals surface area contributed by atoms with Gasteiger partial charge in [0.25, 0.3) is 0 Å². The second-order valence-corrected chi connectivity index (χ2v) is 5.37. The van der Waals surface area contributed by atoms with Gasteiger partial charge in [0.05, 0.1) is 5.60 Å². The van der Waals surface area contributed by atoms with Crippen molar-refractivity contribution in [2.75, 3.05) is 0 Å². The van der Waals surface area contributed by atoms with E-state index in [-0.39, 0.29) is 5.41 Å². The Bertz CT molecular complexity index is 314. The molecular weight excluding hydrogens is 184 g/mol. The molecule has 0 heterocycles. The molecule has 1 rings (SSSR count).